The Kier molecular flexibility index (Phi) is 11.7. The van der Waals surface area contributed by atoms with Crippen LogP contribution >= 0.6 is 23.2 Å². The lowest BCUT2D eigenvalue weighted by Crippen LogP contribution is -2.48. The Morgan fingerprint density at radius 2 is 1.73 bits per heavy atom. The first kappa shape index (κ1) is 30.9. The van der Waals surface area contributed by atoms with Crippen LogP contribution in [0.25, 0.3) is 0 Å². The first-order chi connectivity index (χ1) is 17.3. The van der Waals surface area contributed by atoms with Crippen LogP contribution in [0.15, 0.2) is 36.4 Å². The van der Waals surface area contributed by atoms with E-state index < -0.39 is 16.1 Å². The average molecular weight is 571 g/mol. The van der Waals surface area contributed by atoms with Gasteiger partial charge in [0.25, 0.3) is 0 Å². The monoisotopic (exact) mass is 569 g/mol. The number of sulfonamides is 1. The summed E-state index contributed by atoms with van der Waals surface area (Å²) in [6, 6.07) is 9.76. The fourth-order valence-electron chi connectivity index (χ4n) is 3.84. The van der Waals surface area contributed by atoms with Gasteiger partial charge in [0, 0.05) is 36.1 Å². The minimum Gasteiger partial charge on any atom is -0.354 e. The van der Waals surface area contributed by atoms with Crippen LogP contribution in [0.4, 0.5) is 5.69 Å². The quantitative estimate of drug-likeness (QED) is 0.323. The number of carbonyl (C=O) groups is 2. The molecular weight excluding hydrogens is 533 g/mol. The number of anilines is 1. The number of rotatable bonds is 13. The molecule has 1 atom stereocenters. The van der Waals surface area contributed by atoms with Crippen molar-refractivity contribution in [3.63, 3.8) is 0 Å². The zero-order valence-corrected chi connectivity index (χ0v) is 24.5. The molecule has 2 aromatic rings. The molecule has 0 aromatic heterocycles. The number of nitrogens with one attached hydrogen (secondary N) is 1. The van der Waals surface area contributed by atoms with Gasteiger partial charge in [0.05, 0.1) is 11.9 Å². The van der Waals surface area contributed by atoms with E-state index in [1.165, 1.54) is 9.21 Å². The predicted molar refractivity (Wildman–Crippen MR) is 152 cm³/mol. The maximum atomic E-state index is 13.4. The summed E-state index contributed by atoms with van der Waals surface area (Å²) in [6.45, 7) is 8.40. The molecule has 10 heteroatoms. The zero-order valence-electron chi connectivity index (χ0n) is 22.2. The van der Waals surface area contributed by atoms with E-state index >= 15 is 0 Å². The molecule has 204 valence electrons. The van der Waals surface area contributed by atoms with Crippen LogP contribution < -0.4 is 9.62 Å². The summed E-state index contributed by atoms with van der Waals surface area (Å²) in [5.74, 6) is -0.516. The third-order valence-electron chi connectivity index (χ3n) is 6.28. The van der Waals surface area contributed by atoms with E-state index in [1.807, 2.05) is 32.9 Å². The SMILES string of the molecule is CCCCNC(=O)C(C)N(Cc1ccc(Cl)cc1Cl)C(=O)CCCN(c1ccc(C)c(C)c1)S(C)(=O)=O. The van der Waals surface area contributed by atoms with E-state index in [0.717, 1.165) is 30.2 Å². The van der Waals surface area contributed by atoms with Crippen molar-refractivity contribution in [1.29, 1.82) is 0 Å². The van der Waals surface area contributed by atoms with Crippen LogP contribution in [0, 0.1) is 13.8 Å². The molecular formula is C27H37Cl2N3O4S. The summed E-state index contributed by atoms with van der Waals surface area (Å²) in [5, 5.41) is 3.76. The largest absolute Gasteiger partial charge is 0.354 e. The van der Waals surface area contributed by atoms with Crippen molar-refractivity contribution in [3.8, 4) is 0 Å². The number of unbranched alkanes of at least 4 members (excludes halogenated alkanes) is 1. The molecule has 37 heavy (non-hydrogen) atoms. The lowest BCUT2D eigenvalue weighted by Gasteiger charge is -2.30. The molecule has 2 aromatic carbocycles. The Morgan fingerprint density at radius 3 is 2.32 bits per heavy atom. The highest BCUT2D eigenvalue weighted by molar-refractivity contribution is 7.92. The van der Waals surface area contributed by atoms with E-state index in [4.69, 9.17) is 23.2 Å². The van der Waals surface area contributed by atoms with Crippen molar-refractivity contribution < 1.29 is 18.0 Å². The smallest absolute Gasteiger partial charge is 0.242 e. The van der Waals surface area contributed by atoms with Crippen LogP contribution in [-0.2, 0) is 26.2 Å². The number of aryl methyl sites for hydroxylation is 2. The van der Waals surface area contributed by atoms with Gasteiger partial charge in [-0.3, -0.25) is 13.9 Å². The summed E-state index contributed by atoms with van der Waals surface area (Å²) < 4.78 is 26.4. The molecule has 7 nitrogen and oxygen atoms in total. The average Bonchev–Trinajstić information content (AvgIpc) is 2.82. The van der Waals surface area contributed by atoms with Crippen LogP contribution in [0.2, 0.25) is 10.0 Å². The Hall–Kier alpha value is -2.29. The molecule has 1 N–H and O–H groups in total. The van der Waals surface area contributed by atoms with Gasteiger partial charge in [0.2, 0.25) is 21.8 Å². The van der Waals surface area contributed by atoms with Crippen molar-refractivity contribution in [2.45, 2.75) is 66.0 Å². The lowest BCUT2D eigenvalue weighted by atomic mass is 10.1. The lowest BCUT2D eigenvalue weighted by molar-refractivity contribution is -0.140. The number of hydrogen-bond donors (Lipinski definition) is 1. The summed E-state index contributed by atoms with van der Waals surface area (Å²) in [4.78, 5) is 27.7. The van der Waals surface area contributed by atoms with Gasteiger partial charge < -0.3 is 10.2 Å². The molecule has 0 spiro atoms. The van der Waals surface area contributed by atoms with Gasteiger partial charge in [-0.2, -0.15) is 0 Å². The maximum Gasteiger partial charge on any atom is 0.242 e. The molecule has 0 saturated carbocycles. The molecule has 2 rings (SSSR count). The number of carbonyl (C=O) groups excluding carboxylic acids is 2. The van der Waals surface area contributed by atoms with Crippen molar-refractivity contribution in [2.24, 2.45) is 0 Å². The highest BCUT2D eigenvalue weighted by Crippen LogP contribution is 2.25. The van der Waals surface area contributed by atoms with E-state index in [2.05, 4.69) is 5.32 Å². The molecule has 1 unspecified atom stereocenters. The highest BCUT2D eigenvalue weighted by atomic mass is 35.5. The van der Waals surface area contributed by atoms with Crippen LogP contribution in [0.5, 0.6) is 0 Å². The van der Waals surface area contributed by atoms with Crippen LogP contribution in [-0.4, -0.2) is 50.5 Å². The number of hydrogen-bond acceptors (Lipinski definition) is 4. The van der Waals surface area contributed by atoms with Gasteiger partial charge in [0.15, 0.2) is 0 Å². The standard InChI is InChI=1S/C27H37Cl2N3O4S/c1-6-7-14-30-27(34)21(4)31(18-22-11-12-23(28)17-25(22)29)26(33)9-8-15-32(37(5,35)36)24-13-10-19(2)20(3)16-24/h10-13,16-17,21H,6-9,14-15,18H2,1-5H3,(H,30,34). The van der Waals surface area contributed by atoms with E-state index in [0.29, 0.717) is 27.8 Å². The van der Waals surface area contributed by atoms with Gasteiger partial charge in [-0.25, -0.2) is 8.42 Å². The van der Waals surface area contributed by atoms with E-state index in [-0.39, 0.29) is 37.7 Å². The molecule has 0 saturated heterocycles. The minimum atomic E-state index is -3.55. The number of nitrogens with zero attached hydrogens (tertiary/aromatic N) is 2. The van der Waals surface area contributed by atoms with Gasteiger partial charge in [0.1, 0.15) is 6.04 Å². The fourth-order valence-corrected chi connectivity index (χ4v) is 5.26. The predicted octanol–water partition coefficient (Wildman–Crippen LogP) is 5.49. The number of amides is 2. The molecule has 0 bridgehead atoms. The Bertz CT molecular complexity index is 1200. The minimum absolute atomic E-state index is 0.0641. The molecule has 0 fully saturated rings. The van der Waals surface area contributed by atoms with Crippen molar-refractivity contribution >= 4 is 50.7 Å². The third-order valence-corrected chi connectivity index (χ3v) is 8.06. The topological polar surface area (TPSA) is 86.8 Å². The Labute approximate surface area is 231 Å². The molecule has 0 aliphatic rings. The first-order valence-electron chi connectivity index (χ1n) is 12.4. The Morgan fingerprint density at radius 1 is 1.03 bits per heavy atom. The maximum absolute atomic E-state index is 13.4. The van der Waals surface area contributed by atoms with Gasteiger partial charge in [-0.05, 0) is 74.6 Å². The number of halogens is 2. The highest BCUT2D eigenvalue weighted by Gasteiger charge is 2.27. The summed E-state index contributed by atoms with van der Waals surface area (Å²) in [6.07, 6.45) is 3.29. The van der Waals surface area contributed by atoms with Crippen molar-refractivity contribution in [3.05, 3.63) is 63.1 Å². The molecule has 0 radical (unpaired) electrons. The number of benzene rings is 2. The normalized spacial score (nSPS) is 12.2. The summed E-state index contributed by atoms with van der Waals surface area (Å²) in [7, 11) is -3.55. The van der Waals surface area contributed by atoms with Crippen LogP contribution in [0.1, 0.15) is 56.2 Å². The second-order valence-corrected chi connectivity index (χ2v) is 12.0. The zero-order chi connectivity index (χ0) is 27.8. The van der Waals surface area contributed by atoms with Crippen LogP contribution in [0.3, 0.4) is 0 Å². The first-order valence-corrected chi connectivity index (χ1v) is 15.0. The van der Waals surface area contributed by atoms with Crippen molar-refractivity contribution in [1.82, 2.24) is 10.2 Å². The summed E-state index contributed by atoms with van der Waals surface area (Å²) >= 11 is 12.4. The third kappa shape index (κ3) is 9.20. The molecule has 0 aliphatic carbocycles. The second kappa shape index (κ2) is 14.0. The van der Waals surface area contributed by atoms with Gasteiger partial charge >= 0.3 is 0 Å². The second-order valence-electron chi connectivity index (χ2n) is 9.29. The van der Waals surface area contributed by atoms with E-state index in [9.17, 15) is 18.0 Å². The fraction of sp³-hybridized carbons (Fsp3) is 0.481. The molecule has 0 aliphatic heterocycles. The van der Waals surface area contributed by atoms with Crippen molar-refractivity contribution in [2.75, 3.05) is 23.7 Å². The van der Waals surface area contributed by atoms with Gasteiger partial charge in [-0.15, -0.1) is 0 Å². The summed E-state index contributed by atoms with van der Waals surface area (Å²) in [5.41, 5.74) is 3.28. The molecule has 0 heterocycles. The van der Waals surface area contributed by atoms with E-state index in [1.54, 1.807) is 31.2 Å². The Balaban J connectivity index is 2.20. The molecule has 2 amide bonds. The van der Waals surface area contributed by atoms with Gasteiger partial charge in [-0.1, -0.05) is 48.7 Å².